The van der Waals surface area contributed by atoms with E-state index in [2.05, 4.69) is 17.2 Å². The number of carboxylic acids is 1. The van der Waals surface area contributed by atoms with Gasteiger partial charge in [0, 0.05) is 12.2 Å². The molecule has 1 fully saturated rings. The summed E-state index contributed by atoms with van der Waals surface area (Å²) in [4.78, 5) is 14.9. The molecule has 2 rings (SSSR count). The van der Waals surface area contributed by atoms with Crippen LogP contribution in [0, 0.1) is 5.92 Å². The summed E-state index contributed by atoms with van der Waals surface area (Å²) in [5, 5.41) is 12.2. The van der Waals surface area contributed by atoms with Gasteiger partial charge in [-0.3, -0.25) is 4.98 Å². The summed E-state index contributed by atoms with van der Waals surface area (Å²) >= 11 is 0. The molecule has 0 bridgehead atoms. The molecule has 1 aromatic heterocycles. The van der Waals surface area contributed by atoms with Crippen LogP contribution in [0.15, 0.2) is 18.5 Å². The van der Waals surface area contributed by atoms with Gasteiger partial charge < -0.3 is 10.4 Å². The molecule has 1 aromatic rings. The van der Waals surface area contributed by atoms with Gasteiger partial charge in [-0.2, -0.15) is 0 Å². The molecule has 0 aliphatic heterocycles. The van der Waals surface area contributed by atoms with Gasteiger partial charge in [0.05, 0.1) is 17.4 Å². The minimum atomic E-state index is -0.914. The van der Waals surface area contributed by atoms with Gasteiger partial charge in [0.25, 0.3) is 0 Å². The number of nitrogens with zero attached hydrogens (tertiary/aromatic N) is 1. The van der Waals surface area contributed by atoms with Crippen LogP contribution in [0.3, 0.4) is 0 Å². The Morgan fingerprint density at radius 2 is 2.40 bits per heavy atom. The molecule has 80 valence electrons. The Kier molecular flexibility index (Phi) is 2.58. The summed E-state index contributed by atoms with van der Waals surface area (Å²) in [5.41, 5.74) is 0.905. The Balaban J connectivity index is 2.15. The van der Waals surface area contributed by atoms with Crippen molar-refractivity contribution >= 4 is 11.7 Å². The van der Waals surface area contributed by atoms with Crippen LogP contribution < -0.4 is 5.32 Å². The van der Waals surface area contributed by atoms with E-state index in [1.54, 1.807) is 6.20 Å². The topological polar surface area (TPSA) is 62.2 Å². The number of carboxylic acid groups (broad SMARTS) is 1. The van der Waals surface area contributed by atoms with E-state index in [4.69, 9.17) is 5.11 Å². The van der Waals surface area contributed by atoms with E-state index in [1.807, 2.05) is 0 Å². The van der Waals surface area contributed by atoms with E-state index in [1.165, 1.54) is 25.1 Å². The number of pyridine rings is 1. The molecule has 4 nitrogen and oxygen atoms in total. The van der Waals surface area contributed by atoms with Crippen molar-refractivity contribution < 1.29 is 9.90 Å². The van der Waals surface area contributed by atoms with Crippen LogP contribution in [0.4, 0.5) is 5.69 Å². The van der Waals surface area contributed by atoms with Gasteiger partial charge in [-0.25, -0.2) is 4.79 Å². The van der Waals surface area contributed by atoms with Crippen LogP contribution in [0.2, 0.25) is 0 Å². The second-order valence-corrected chi connectivity index (χ2v) is 4.00. The fourth-order valence-corrected chi connectivity index (χ4v) is 1.66. The van der Waals surface area contributed by atoms with E-state index >= 15 is 0 Å². The third-order valence-electron chi connectivity index (χ3n) is 2.76. The van der Waals surface area contributed by atoms with Crippen LogP contribution in [0.5, 0.6) is 0 Å². The average Bonchev–Trinajstić information content (AvgIpc) is 3.01. The molecule has 1 aliphatic rings. The molecule has 1 saturated carbocycles. The molecule has 1 unspecified atom stereocenters. The van der Waals surface area contributed by atoms with Gasteiger partial charge in [0.1, 0.15) is 0 Å². The third-order valence-corrected chi connectivity index (χ3v) is 2.76. The highest BCUT2D eigenvalue weighted by Crippen LogP contribution is 2.34. The van der Waals surface area contributed by atoms with E-state index in [0.717, 1.165) is 0 Å². The molecule has 0 spiro atoms. The molecular weight excluding hydrogens is 192 g/mol. The van der Waals surface area contributed by atoms with Crippen LogP contribution in [-0.2, 0) is 0 Å². The first kappa shape index (κ1) is 9.96. The first-order valence-corrected chi connectivity index (χ1v) is 5.12. The summed E-state index contributed by atoms with van der Waals surface area (Å²) in [6.07, 6.45) is 5.53. The largest absolute Gasteiger partial charge is 0.478 e. The minimum absolute atomic E-state index is 0.289. The van der Waals surface area contributed by atoms with Gasteiger partial charge in [-0.15, -0.1) is 0 Å². The molecule has 0 radical (unpaired) electrons. The van der Waals surface area contributed by atoms with E-state index < -0.39 is 5.97 Å². The molecule has 1 heterocycles. The number of hydrogen-bond donors (Lipinski definition) is 2. The maximum Gasteiger partial charge on any atom is 0.337 e. The maximum atomic E-state index is 10.9. The molecular formula is C11H14N2O2. The summed E-state index contributed by atoms with van der Waals surface area (Å²) < 4.78 is 0. The van der Waals surface area contributed by atoms with Gasteiger partial charge in [0.2, 0.25) is 0 Å². The normalized spacial score (nSPS) is 17.1. The standard InChI is InChI=1S/C11H14N2O2/c1-7(8-2-3-8)13-10-6-12-5-4-9(10)11(14)15/h4-8,13H,2-3H2,1H3,(H,14,15). The number of aromatic carboxylic acids is 1. The van der Waals surface area contributed by atoms with Crippen molar-refractivity contribution in [2.75, 3.05) is 5.32 Å². The quantitative estimate of drug-likeness (QED) is 0.790. The molecule has 0 amide bonds. The SMILES string of the molecule is CC(Nc1cnccc1C(=O)O)C1CC1. The summed E-state index contributed by atoms with van der Waals surface area (Å²) in [6.45, 7) is 2.08. The monoisotopic (exact) mass is 206 g/mol. The van der Waals surface area contributed by atoms with Crippen molar-refractivity contribution in [1.29, 1.82) is 0 Å². The van der Waals surface area contributed by atoms with Crippen molar-refractivity contribution in [2.24, 2.45) is 5.92 Å². The summed E-state index contributed by atoms with van der Waals surface area (Å²) in [7, 11) is 0. The maximum absolute atomic E-state index is 10.9. The molecule has 0 aromatic carbocycles. The van der Waals surface area contributed by atoms with Gasteiger partial charge in [-0.05, 0) is 31.7 Å². The predicted molar refractivity (Wildman–Crippen MR) is 57.0 cm³/mol. The minimum Gasteiger partial charge on any atom is -0.478 e. The smallest absolute Gasteiger partial charge is 0.337 e. The molecule has 1 atom stereocenters. The van der Waals surface area contributed by atoms with E-state index in [-0.39, 0.29) is 5.56 Å². The van der Waals surface area contributed by atoms with Crippen molar-refractivity contribution in [3.05, 3.63) is 24.0 Å². The third kappa shape index (κ3) is 2.26. The van der Waals surface area contributed by atoms with Crippen molar-refractivity contribution in [3.63, 3.8) is 0 Å². The fraction of sp³-hybridized carbons (Fsp3) is 0.455. The van der Waals surface area contributed by atoms with Crippen molar-refractivity contribution in [3.8, 4) is 0 Å². The molecule has 1 aliphatic carbocycles. The predicted octanol–water partition coefficient (Wildman–Crippen LogP) is 1.99. The average molecular weight is 206 g/mol. The van der Waals surface area contributed by atoms with Crippen LogP contribution >= 0.6 is 0 Å². The van der Waals surface area contributed by atoms with Crippen molar-refractivity contribution in [1.82, 2.24) is 4.98 Å². The lowest BCUT2D eigenvalue weighted by molar-refractivity contribution is 0.0698. The Bertz CT molecular complexity index is 375. The number of hydrogen-bond acceptors (Lipinski definition) is 3. The van der Waals surface area contributed by atoms with Gasteiger partial charge in [0.15, 0.2) is 0 Å². The number of anilines is 1. The Morgan fingerprint density at radius 1 is 1.67 bits per heavy atom. The highest BCUT2D eigenvalue weighted by Gasteiger charge is 2.28. The number of nitrogens with one attached hydrogen (secondary N) is 1. The Morgan fingerprint density at radius 3 is 3.00 bits per heavy atom. The van der Waals surface area contributed by atoms with Gasteiger partial charge >= 0.3 is 5.97 Å². The van der Waals surface area contributed by atoms with Gasteiger partial charge in [-0.1, -0.05) is 0 Å². The summed E-state index contributed by atoms with van der Waals surface area (Å²) in [6, 6.07) is 1.84. The first-order valence-electron chi connectivity index (χ1n) is 5.12. The Labute approximate surface area is 88.3 Å². The Hall–Kier alpha value is -1.58. The molecule has 15 heavy (non-hydrogen) atoms. The molecule has 0 saturated heterocycles. The lowest BCUT2D eigenvalue weighted by Gasteiger charge is -2.15. The first-order chi connectivity index (χ1) is 7.18. The lowest BCUT2D eigenvalue weighted by atomic mass is 10.1. The summed E-state index contributed by atoms with van der Waals surface area (Å²) in [5.74, 6) is -0.227. The molecule has 4 heteroatoms. The number of rotatable bonds is 4. The lowest BCUT2D eigenvalue weighted by Crippen LogP contribution is -2.19. The van der Waals surface area contributed by atoms with E-state index in [9.17, 15) is 4.79 Å². The zero-order chi connectivity index (χ0) is 10.8. The van der Waals surface area contributed by atoms with E-state index in [0.29, 0.717) is 17.6 Å². The van der Waals surface area contributed by atoms with Crippen molar-refractivity contribution in [2.45, 2.75) is 25.8 Å². The number of carbonyl (C=O) groups is 1. The number of aromatic nitrogens is 1. The van der Waals surface area contributed by atoms with Crippen LogP contribution in [0.25, 0.3) is 0 Å². The molecule has 2 N–H and O–H groups in total. The highest BCUT2D eigenvalue weighted by atomic mass is 16.4. The second-order valence-electron chi connectivity index (χ2n) is 4.00. The fourth-order valence-electron chi connectivity index (χ4n) is 1.66. The highest BCUT2D eigenvalue weighted by molar-refractivity contribution is 5.93. The zero-order valence-electron chi connectivity index (χ0n) is 8.60. The second kappa shape index (κ2) is 3.88. The van der Waals surface area contributed by atoms with Crippen LogP contribution in [0.1, 0.15) is 30.1 Å². The zero-order valence-corrected chi connectivity index (χ0v) is 8.60. The van der Waals surface area contributed by atoms with Crippen LogP contribution in [-0.4, -0.2) is 22.1 Å².